The molecule has 4 heteroatoms. The Kier molecular flexibility index (Phi) is 4.36. The molecule has 96 valence electrons. The molecule has 0 amide bonds. The van der Waals surface area contributed by atoms with Crippen LogP contribution in [0, 0.1) is 0 Å². The van der Waals surface area contributed by atoms with Gasteiger partial charge in [-0.25, -0.2) is 4.98 Å². The lowest BCUT2D eigenvalue weighted by Crippen LogP contribution is -2.19. The first-order valence-electron chi connectivity index (χ1n) is 6.24. The van der Waals surface area contributed by atoms with Gasteiger partial charge in [0.05, 0.1) is 13.2 Å². The monoisotopic (exact) mass is 245 g/mol. The zero-order chi connectivity index (χ0) is 12.8. The molecule has 4 nitrogen and oxygen atoms in total. The van der Waals surface area contributed by atoms with Crippen molar-refractivity contribution in [3.63, 3.8) is 0 Å². The second-order valence-corrected chi connectivity index (χ2v) is 4.11. The van der Waals surface area contributed by atoms with Gasteiger partial charge in [-0.1, -0.05) is 18.2 Å². The van der Waals surface area contributed by atoms with Crippen molar-refractivity contribution in [3.05, 3.63) is 48.0 Å². The van der Waals surface area contributed by atoms with Crippen LogP contribution >= 0.6 is 0 Å². The summed E-state index contributed by atoms with van der Waals surface area (Å²) < 4.78 is 5.63. The maximum atomic E-state index is 5.63. The van der Waals surface area contributed by atoms with E-state index in [9.17, 15) is 0 Å². The van der Waals surface area contributed by atoms with Gasteiger partial charge < -0.3 is 15.0 Å². The van der Waals surface area contributed by atoms with Gasteiger partial charge in [-0.2, -0.15) is 0 Å². The van der Waals surface area contributed by atoms with Crippen molar-refractivity contribution in [2.45, 2.75) is 26.4 Å². The summed E-state index contributed by atoms with van der Waals surface area (Å²) in [6, 6.07) is 8.34. The summed E-state index contributed by atoms with van der Waals surface area (Å²) in [4.78, 5) is 7.27. The van der Waals surface area contributed by atoms with Gasteiger partial charge in [-0.15, -0.1) is 0 Å². The predicted octanol–water partition coefficient (Wildman–Crippen LogP) is 2.66. The fraction of sp³-hybridized carbons (Fsp3) is 0.357. The summed E-state index contributed by atoms with van der Waals surface area (Å²) in [5.74, 6) is 1.88. The van der Waals surface area contributed by atoms with Crippen LogP contribution in [-0.2, 0) is 6.54 Å². The topological polar surface area (TPSA) is 49.9 Å². The highest BCUT2D eigenvalue weighted by molar-refractivity contribution is 5.35. The maximum absolute atomic E-state index is 5.63. The van der Waals surface area contributed by atoms with Gasteiger partial charge in [-0.3, -0.25) is 0 Å². The molecule has 0 saturated heterocycles. The van der Waals surface area contributed by atoms with Crippen molar-refractivity contribution in [1.82, 2.24) is 15.3 Å². The van der Waals surface area contributed by atoms with Crippen LogP contribution in [0.2, 0.25) is 0 Å². The molecular weight excluding hydrogens is 226 g/mol. The number of hydrogen-bond acceptors (Lipinski definition) is 3. The van der Waals surface area contributed by atoms with Crippen molar-refractivity contribution in [1.29, 1.82) is 0 Å². The molecule has 0 fully saturated rings. The Morgan fingerprint density at radius 3 is 2.94 bits per heavy atom. The van der Waals surface area contributed by atoms with Crippen LogP contribution in [0.3, 0.4) is 0 Å². The molecule has 2 N–H and O–H groups in total. The van der Waals surface area contributed by atoms with E-state index in [2.05, 4.69) is 28.3 Å². The molecule has 0 saturated carbocycles. The van der Waals surface area contributed by atoms with Crippen molar-refractivity contribution >= 4 is 0 Å². The lowest BCUT2D eigenvalue weighted by atomic mass is 10.1. The second kappa shape index (κ2) is 6.21. The van der Waals surface area contributed by atoms with Crippen LogP contribution in [0.15, 0.2) is 36.7 Å². The molecule has 1 aromatic heterocycles. The van der Waals surface area contributed by atoms with E-state index in [-0.39, 0.29) is 6.04 Å². The average Bonchev–Trinajstić information content (AvgIpc) is 2.90. The lowest BCUT2D eigenvalue weighted by molar-refractivity contribution is 0.332. The minimum Gasteiger partial charge on any atom is -0.494 e. The Bertz CT molecular complexity index is 468. The third-order valence-corrected chi connectivity index (χ3v) is 2.82. The van der Waals surface area contributed by atoms with E-state index in [1.807, 2.05) is 31.3 Å². The Labute approximate surface area is 107 Å². The number of aromatic amines is 1. The molecule has 1 atom stereocenters. The van der Waals surface area contributed by atoms with Gasteiger partial charge in [0, 0.05) is 24.0 Å². The Morgan fingerprint density at radius 1 is 1.39 bits per heavy atom. The number of nitrogens with zero attached hydrogens (tertiary/aromatic N) is 1. The van der Waals surface area contributed by atoms with Crippen molar-refractivity contribution in [2.75, 3.05) is 6.61 Å². The van der Waals surface area contributed by atoms with Gasteiger partial charge >= 0.3 is 0 Å². The van der Waals surface area contributed by atoms with E-state index in [0.717, 1.165) is 11.6 Å². The SMILES string of the molecule is CCOc1ccccc1C(C)NCc1ncc[nH]1. The van der Waals surface area contributed by atoms with Gasteiger partial charge in [0.2, 0.25) is 0 Å². The second-order valence-electron chi connectivity index (χ2n) is 4.11. The smallest absolute Gasteiger partial charge is 0.124 e. The zero-order valence-corrected chi connectivity index (χ0v) is 10.8. The number of ether oxygens (including phenoxy) is 1. The first-order chi connectivity index (χ1) is 8.81. The maximum Gasteiger partial charge on any atom is 0.124 e. The molecule has 1 heterocycles. The normalized spacial score (nSPS) is 12.3. The molecule has 0 aliphatic carbocycles. The molecule has 2 rings (SSSR count). The minimum absolute atomic E-state index is 0.220. The number of imidazole rings is 1. The molecule has 0 spiro atoms. The molecule has 1 unspecified atom stereocenters. The number of rotatable bonds is 6. The third kappa shape index (κ3) is 3.11. The van der Waals surface area contributed by atoms with E-state index in [4.69, 9.17) is 4.74 Å². The van der Waals surface area contributed by atoms with Crippen LogP contribution in [-0.4, -0.2) is 16.6 Å². The third-order valence-electron chi connectivity index (χ3n) is 2.82. The van der Waals surface area contributed by atoms with Crippen molar-refractivity contribution in [2.24, 2.45) is 0 Å². The van der Waals surface area contributed by atoms with E-state index < -0.39 is 0 Å². The molecule has 0 bridgehead atoms. The summed E-state index contributed by atoms with van der Waals surface area (Å²) in [5.41, 5.74) is 1.17. The highest BCUT2D eigenvalue weighted by Crippen LogP contribution is 2.24. The fourth-order valence-electron chi connectivity index (χ4n) is 1.88. The van der Waals surface area contributed by atoms with E-state index >= 15 is 0 Å². The molecule has 0 aliphatic heterocycles. The highest BCUT2D eigenvalue weighted by atomic mass is 16.5. The quantitative estimate of drug-likeness (QED) is 0.822. The number of H-pyrrole nitrogens is 1. The van der Waals surface area contributed by atoms with Gasteiger partial charge in [0.1, 0.15) is 11.6 Å². The van der Waals surface area contributed by atoms with E-state index in [0.29, 0.717) is 13.2 Å². The molecule has 1 aromatic carbocycles. The van der Waals surface area contributed by atoms with Gasteiger partial charge in [-0.05, 0) is 19.9 Å². The fourth-order valence-corrected chi connectivity index (χ4v) is 1.88. The van der Waals surface area contributed by atoms with Crippen molar-refractivity contribution < 1.29 is 4.74 Å². The summed E-state index contributed by atoms with van der Waals surface area (Å²) in [7, 11) is 0. The predicted molar refractivity (Wildman–Crippen MR) is 71.5 cm³/mol. The largest absolute Gasteiger partial charge is 0.494 e. The van der Waals surface area contributed by atoms with Gasteiger partial charge in [0.15, 0.2) is 0 Å². The first kappa shape index (κ1) is 12.6. The number of para-hydroxylation sites is 1. The standard InChI is InChI=1S/C14H19N3O/c1-3-18-13-7-5-4-6-12(13)11(2)17-10-14-15-8-9-16-14/h4-9,11,17H,3,10H2,1-2H3,(H,15,16). The highest BCUT2D eigenvalue weighted by Gasteiger charge is 2.10. The Morgan fingerprint density at radius 2 is 2.22 bits per heavy atom. The van der Waals surface area contributed by atoms with E-state index in [1.54, 1.807) is 6.20 Å². The minimum atomic E-state index is 0.220. The van der Waals surface area contributed by atoms with Crippen LogP contribution in [0.5, 0.6) is 5.75 Å². The van der Waals surface area contributed by atoms with E-state index in [1.165, 1.54) is 5.56 Å². The first-order valence-corrected chi connectivity index (χ1v) is 6.24. The van der Waals surface area contributed by atoms with Crippen LogP contribution in [0.25, 0.3) is 0 Å². The summed E-state index contributed by atoms with van der Waals surface area (Å²) in [6.45, 7) is 5.52. The summed E-state index contributed by atoms with van der Waals surface area (Å²) >= 11 is 0. The van der Waals surface area contributed by atoms with Crippen LogP contribution < -0.4 is 10.1 Å². The molecule has 2 aromatic rings. The summed E-state index contributed by atoms with van der Waals surface area (Å²) in [5, 5.41) is 3.43. The Balaban J connectivity index is 2.01. The van der Waals surface area contributed by atoms with Crippen LogP contribution in [0.4, 0.5) is 0 Å². The van der Waals surface area contributed by atoms with Crippen molar-refractivity contribution in [3.8, 4) is 5.75 Å². The molecule has 18 heavy (non-hydrogen) atoms. The number of benzene rings is 1. The zero-order valence-electron chi connectivity index (χ0n) is 10.8. The Hall–Kier alpha value is -1.81. The summed E-state index contributed by atoms with van der Waals surface area (Å²) in [6.07, 6.45) is 3.59. The lowest BCUT2D eigenvalue weighted by Gasteiger charge is -2.17. The molecule has 0 radical (unpaired) electrons. The molecular formula is C14H19N3O. The number of hydrogen-bond donors (Lipinski definition) is 2. The number of nitrogens with one attached hydrogen (secondary N) is 2. The van der Waals surface area contributed by atoms with Crippen LogP contribution in [0.1, 0.15) is 31.3 Å². The number of aromatic nitrogens is 2. The molecule has 0 aliphatic rings. The average molecular weight is 245 g/mol. The van der Waals surface area contributed by atoms with Gasteiger partial charge in [0.25, 0.3) is 0 Å².